The van der Waals surface area contributed by atoms with Crippen LogP contribution in [0.4, 0.5) is 0 Å². The third-order valence-electron chi connectivity index (χ3n) is 4.62. The molecule has 1 aromatic rings. The second-order valence-electron chi connectivity index (χ2n) is 7.47. The van der Waals surface area contributed by atoms with Crippen LogP contribution in [0.5, 0.6) is 0 Å². The van der Waals surface area contributed by atoms with Crippen molar-refractivity contribution in [3.63, 3.8) is 0 Å². The van der Waals surface area contributed by atoms with Crippen LogP contribution < -0.4 is 0 Å². The molecule has 1 unspecified atom stereocenters. The van der Waals surface area contributed by atoms with Gasteiger partial charge in [0, 0.05) is 0 Å². The van der Waals surface area contributed by atoms with Crippen molar-refractivity contribution in [3.05, 3.63) is 34.9 Å². The predicted octanol–water partition coefficient (Wildman–Crippen LogP) is 2.32. The normalized spacial score (nSPS) is 14.1. The van der Waals surface area contributed by atoms with Crippen molar-refractivity contribution in [1.29, 1.82) is 0 Å². The third kappa shape index (κ3) is 4.32. The summed E-state index contributed by atoms with van der Waals surface area (Å²) in [5.41, 5.74) is 1.51. The number of benzene rings is 1. The Bertz CT molecular complexity index is 478. The summed E-state index contributed by atoms with van der Waals surface area (Å²) in [4.78, 5) is 0. The van der Waals surface area contributed by atoms with Crippen LogP contribution in [0.1, 0.15) is 63.3 Å². The average Bonchev–Trinajstić information content (AvgIpc) is 2.53. The molecule has 1 rings (SSSR count). The van der Waals surface area contributed by atoms with Crippen molar-refractivity contribution in [2.45, 2.75) is 58.5 Å². The van der Waals surface area contributed by atoms with Crippen molar-refractivity contribution in [3.8, 4) is 0 Å². The van der Waals surface area contributed by atoms with Gasteiger partial charge < -0.3 is 20.4 Å². The van der Waals surface area contributed by atoms with Gasteiger partial charge in [-0.1, -0.05) is 52.3 Å². The summed E-state index contributed by atoms with van der Waals surface area (Å²) in [6, 6.07) is 5.80. The van der Waals surface area contributed by atoms with E-state index >= 15 is 0 Å². The standard InChI is InChI=1S/C19H32O4/c1-5-6-8-14-15(9-7-10-16(14)18(2,3)4)17(23)19(11-20,12-21)13-22/h7,9-10,17,20-23H,5-6,8,11-13H2,1-4H3. The van der Waals surface area contributed by atoms with Crippen LogP contribution in [-0.4, -0.2) is 40.2 Å². The van der Waals surface area contributed by atoms with Crippen LogP contribution in [0, 0.1) is 5.41 Å². The van der Waals surface area contributed by atoms with Crippen LogP contribution in [-0.2, 0) is 11.8 Å². The summed E-state index contributed by atoms with van der Waals surface area (Å²) >= 11 is 0. The largest absolute Gasteiger partial charge is 0.395 e. The molecule has 4 N–H and O–H groups in total. The number of hydrogen-bond donors (Lipinski definition) is 4. The third-order valence-corrected chi connectivity index (χ3v) is 4.62. The highest BCUT2D eigenvalue weighted by molar-refractivity contribution is 5.41. The fourth-order valence-electron chi connectivity index (χ4n) is 2.94. The van der Waals surface area contributed by atoms with E-state index in [0.717, 1.165) is 30.4 Å². The van der Waals surface area contributed by atoms with Gasteiger partial charge in [-0.3, -0.25) is 0 Å². The van der Waals surface area contributed by atoms with Crippen LogP contribution >= 0.6 is 0 Å². The second-order valence-corrected chi connectivity index (χ2v) is 7.47. The Morgan fingerprint density at radius 1 is 1.00 bits per heavy atom. The lowest BCUT2D eigenvalue weighted by molar-refractivity contribution is -0.0855. The molecule has 0 aromatic heterocycles. The maximum absolute atomic E-state index is 10.8. The molecule has 132 valence electrons. The SMILES string of the molecule is CCCCc1c(C(O)C(CO)(CO)CO)cccc1C(C)(C)C. The lowest BCUT2D eigenvalue weighted by atomic mass is 9.75. The maximum Gasteiger partial charge on any atom is 0.0915 e. The van der Waals surface area contributed by atoms with Crippen LogP contribution in [0.15, 0.2) is 18.2 Å². The monoisotopic (exact) mass is 324 g/mol. The quantitative estimate of drug-likeness (QED) is 0.591. The van der Waals surface area contributed by atoms with Gasteiger partial charge in [0.2, 0.25) is 0 Å². The Morgan fingerprint density at radius 3 is 2.00 bits per heavy atom. The molecule has 0 spiro atoms. The van der Waals surface area contributed by atoms with Gasteiger partial charge in [-0.05, 0) is 34.9 Å². The summed E-state index contributed by atoms with van der Waals surface area (Å²) in [6.07, 6.45) is 1.75. The number of aliphatic hydroxyl groups excluding tert-OH is 4. The summed E-state index contributed by atoms with van der Waals surface area (Å²) in [5.74, 6) is 0. The van der Waals surface area contributed by atoms with Crippen molar-refractivity contribution >= 4 is 0 Å². The Hall–Kier alpha value is -0.940. The first-order valence-electron chi connectivity index (χ1n) is 8.40. The smallest absolute Gasteiger partial charge is 0.0915 e. The zero-order valence-electron chi connectivity index (χ0n) is 14.8. The lowest BCUT2D eigenvalue weighted by Crippen LogP contribution is -2.40. The van der Waals surface area contributed by atoms with E-state index in [1.165, 1.54) is 0 Å². The van der Waals surface area contributed by atoms with E-state index in [-0.39, 0.29) is 5.41 Å². The topological polar surface area (TPSA) is 80.9 Å². The zero-order valence-corrected chi connectivity index (χ0v) is 14.8. The second kappa shape index (κ2) is 8.25. The van der Waals surface area contributed by atoms with Crippen molar-refractivity contribution in [1.82, 2.24) is 0 Å². The molecule has 0 fully saturated rings. The molecule has 0 aliphatic rings. The summed E-state index contributed by atoms with van der Waals surface area (Å²) in [7, 11) is 0. The van der Waals surface area contributed by atoms with Gasteiger partial charge in [-0.15, -0.1) is 0 Å². The van der Waals surface area contributed by atoms with Crippen LogP contribution in [0.25, 0.3) is 0 Å². The Morgan fingerprint density at radius 2 is 1.57 bits per heavy atom. The van der Waals surface area contributed by atoms with Gasteiger partial charge in [0.1, 0.15) is 0 Å². The van der Waals surface area contributed by atoms with Gasteiger partial charge in [0.15, 0.2) is 0 Å². The highest BCUT2D eigenvalue weighted by atomic mass is 16.3. The van der Waals surface area contributed by atoms with Gasteiger partial charge >= 0.3 is 0 Å². The molecular formula is C19H32O4. The molecule has 0 bridgehead atoms. The van der Waals surface area contributed by atoms with E-state index in [1.807, 2.05) is 12.1 Å². The first-order valence-corrected chi connectivity index (χ1v) is 8.40. The molecule has 0 aliphatic heterocycles. The first kappa shape index (κ1) is 20.1. The molecule has 0 radical (unpaired) electrons. The summed E-state index contributed by atoms with van der Waals surface area (Å²) in [5, 5.41) is 39.7. The molecule has 1 aromatic carbocycles. The van der Waals surface area contributed by atoms with Crippen molar-refractivity contribution in [2.75, 3.05) is 19.8 Å². The minimum Gasteiger partial charge on any atom is -0.395 e. The molecule has 0 heterocycles. The molecule has 0 amide bonds. The van der Waals surface area contributed by atoms with Gasteiger partial charge in [-0.2, -0.15) is 0 Å². The summed E-state index contributed by atoms with van der Waals surface area (Å²) < 4.78 is 0. The molecule has 0 saturated carbocycles. The van der Waals surface area contributed by atoms with Crippen LogP contribution in [0.3, 0.4) is 0 Å². The molecule has 4 nitrogen and oxygen atoms in total. The molecule has 4 heteroatoms. The highest BCUT2D eigenvalue weighted by Crippen LogP contribution is 2.38. The Kier molecular flexibility index (Phi) is 7.21. The number of aliphatic hydroxyl groups is 4. The Balaban J connectivity index is 3.45. The fourth-order valence-corrected chi connectivity index (χ4v) is 2.94. The van der Waals surface area contributed by atoms with Gasteiger partial charge in [0.25, 0.3) is 0 Å². The minimum atomic E-state index is -1.34. The predicted molar refractivity (Wildman–Crippen MR) is 92.4 cm³/mol. The number of unbranched alkanes of at least 4 members (excludes halogenated alkanes) is 1. The average molecular weight is 324 g/mol. The maximum atomic E-state index is 10.8. The number of rotatable bonds is 8. The molecule has 0 aliphatic carbocycles. The molecular weight excluding hydrogens is 292 g/mol. The highest BCUT2D eigenvalue weighted by Gasteiger charge is 2.39. The van der Waals surface area contributed by atoms with Crippen molar-refractivity contribution < 1.29 is 20.4 Å². The molecule has 23 heavy (non-hydrogen) atoms. The summed E-state index contributed by atoms with van der Waals surface area (Å²) in [6.45, 7) is 7.08. The van der Waals surface area contributed by atoms with E-state index in [0.29, 0.717) is 5.56 Å². The van der Waals surface area contributed by atoms with Gasteiger partial charge in [0.05, 0.1) is 31.3 Å². The van der Waals surface area contributed by atoms with E-state index in [1.54, 1.807) is 0 Å². The minimum absolute atomic E-state index is 0.0703. The first-order chi connectivity index (χ1) is 10.8. The van der Waals surface area contributed by atoms with Gasteiger partial charge in [-0.25, -0.2) is 0 Å². The van der Waals surface area contributed by atoms with E-state index in [9.17, 15) is 20.4 Å². The zero-order chi connectivity index (χ0) is 17.7. The Labute approximate surface area is 139 Å². The molecule has 0 saturated heterocycles. The van der Waals surface area contributed by atoms with Crippen molar-refractivity contribution in [2.24, 2.45) is 5.41 Å². The van der Waals surface area contributed by atoms with Crippen LogP contribution in [0.2, 0.25) is 0 Å². The fraction of sp³-hybridized carbons (Fsp3) is 0.684. The van der Waals surface area contributed by atoms with E-state index < -0.39 is 31.3 Å². The molecule has 1 atom stereocenters. The van der Waals surface area contributed by atoms with E-state index in [4.69, 9.17) is 0 Å². The lowest BCUT2D eigenvalue weighted by Gasteiger charge is -2.35. The van der Waals surface area contributed by atoms with E-state index in [2.05, 4.69) is 33.8 Å². The number of hydrogen-bond acceptors (Lipinski definition) is 4.